The predicted molar refractivity (Wildman–Crippen MR) is 73.1 cm³/mol. The molecule has 0 spiro atoms. The summed E-state index contributed by atoms with van der Waals surface area (Å²) in [6.07, 6.45) is 0. The summed E-state index contributed by atoms with van der Waals surface area (Å²) in [6, 6.07) is 0. The molecular weight excluding hydrogens is 256 g/mol. The van der Waals surface area contributed by atoms with Crippen LogP contribution in [0.1, 0.15) is 11.4 Å². The number of hydrogen-bond acceptors (Lipinski definition) is 4. The summed E-state index contributed by atoms with van der Waals surface area (Å²) in [5, 5.41) is 6.09. The maximum atomic E-state index is 6.15. The molecule has 0 unspecified atom stereocenters. The van der Waals surface area contributed by atoms with Gasteiger partial charge in [-0.3, -0.25) is 4.40 Å². The van der Waals surface area contributed by atoms with Crippen LogP contribution in [-0.2, 0) is 6.54 Å². The molecule has 0 aliphatic carbocycles. The van der Waals surface area contributed by atoms with E-state index in [2.05, 4.69) is 46.0 Å². The van der Waals surface area contributed by atoms with Crippen LogP contribution in [0, 0.1) is 6.92 Å². The molecule has 2 aromatic heterocycles. The fourth-order valence-electron chi connectivity index (χ4n) is 1.70. The fraction of sp³-hybridized carbons (Fsp3) is 0.545. The number of hydrogen-bond donors (Lipinski definition) is 1. The van der Waals surface area contributed by atoms with Crippen molar-refractivity contribution in [3.8, 4) is 0 Å². The molecule has 0 fully saturated rings. The lowest BCUT2D eigenvalue weighted by molar-refractivity contribution is 0.399. The number of aryl methyl sites for hydroxylation is 1. The molecule has 0 amide bonds. The molecular formula is C11H17ClN4S. The Kier molecular flexibility index (Phi) is 4.04. The molecule has 17 heavy (non-hydrogen) atoms. The van der Waals surface area contributed by atoms with E-state index in [9.17, 15) is 0 Å². The molecule has 2 heterocycles. The number of nitrogens with zero attached hydrogens (tertiary/aromatic N) is 3. The van der Waals surface area contributed by atoms with Crippen molar-refractivity contribution < 1.29 is 0 Å². The van der Waals surface area contributed by atoms with E-state index in [4.69, 9.17) is 11.6 Å². The summed E-state index contributed by atoms with van der Waals surface area (Å²) in [5.74, 6) is 0. The molecule has 2 rings (SSSR count). The van der Waals surface area contributed by atoms with Gasteiger partial charge >= 0.3 is 0 Å². The van der Waals surface area contributed by atoms with Crippen LogP contribution < -0.4 is 5.32 Å². The highest BCUT2D eigenvalue weighted by atomic mass is 35.5. The minimum atomic E-state index is 0.609. The van der Waals surface area contributed by atoms with Crippen molar-refractivity contribution in [2.45, 2.75) is 13.5 Å². The third-order valence-corrected chi connectivity index (χ3v) is 3.86. The van der Waals surface area contributed by atoms with Crippen molar-refractivity contribution >= 4 is 27.9 Å². The Morgan fingerprint density at radius 1 is 1.53 bits per heavy atom. The van der Waals surface area contributed by atoms with E-state index in [1.165, 1.54) is 5.69 Å². The number of thiazole rings is 1. The summed E-state index contributed by atoms with van der Waals surface area (Å²) < 4.78 is 2.12. The second-order valence-corrected chi connectivity index (χ2v) is 5.52. The lowest BCUT2D eigenvalue weighted by Crippen LogP contribution is -2.26. The van der Waals surface area contributed by atoms with E-state index in [0.29, 0.717) is 5.15 Å². The van der Waals surface area contributed by atoms with Crippen LogP contribution in [0.5, 0.6) is 0 Å². The molecule has 0 radical (unpaired) electrons. The van der Waals surface area contributed by atoms with Crippen molar-refractivity contribution in [2.24, 2.45) is 0 Å². The molecule has 94 valence electrons. The molecule has 0 atom stereocenters. The first-order valence-electron chi connectivity index (χ1n) is 5.56. The maximum Gasteiger partial charge on any atom is 0.195 e. The van der Waals surface area contributed by atoms with Gasteiger partial charge in [-0.2, -0.15) is 0 Å². The van der Waals surface area contributed by atoms with E-state index in [1.54, 1.807) is 11.3 Å². The zero-order valence-corrected chi connectivity index (χ0v) is 11.9. The highest BCUT2D eigenvalue weighted by molar-refractivity contribution is 7.15. The van der Waals surface area contributed by atoms with E-state index in [1.807, 2.05) is 0 Å². The number of aromatic nitrogens is 2. The Hall–Kier alpha value is -0.620. The molecule has 0 aromatic carbocycles. The maximum absolute atomic E-state index is 6.15. The summed E-state index contributed by atoms with van der Waals surface area (Å²) in [7, 11) is 4.13. The molecule has 6 heteroatoms. The predicted octanol–water partition coefficient (Wildman–Crippen LogP) is 2.01. The van der Waals surface area contributed by atoms with Gasteiger partial charge in [-0.25, -0.2) is 4.98 Å². The first kappa shape index (κ1) is 12.8. The van der Waals surface area contributed by atoms with E-state index in [-0.39, 0.29) is 0 Å². The van der Waals surface area contributed by atoms with Gasteiger partial charge in [0.2, 0.25) is 0 Å². The smallest absolute Gasteiger partial charge is 0.195 e. The van der Waals surface area contributed by atoms with Crippen molar-refractivity contribution in [3.05, 3.63) is 21.9 Å². The summed E-state index contributed by atoms with van der Waals surface area (Å²) >= 11 is 7.77. The average Bonchev–Trinajstić information content (AvgIpc) is 2.75. The Bertz CT molecular complexity index is 503. The monoisotopic (exact) mass is 272 g/mol. The van der Waals surface area contributed by atoms with Gasteiger partial charge in [-0.15, -0.1) is 11.3 Å². The number of imidazole rings is 1. The van der Waals surface area contributed by atoms with Gasteiger partial charge in [-0.1, -0.05) is 11.6 Å². The van der Waals surface area contributed by atoms with Crippen LogP contribution in [0.15, 0.2) is 5.38 Å². The van der Waals surface area contributed by atoms with Crippen LogP contribution in [0.4, 0.5) is 0 Å². The first-order chi connectivity index (χ1) is 8.09. The number of nitrogens with one attached hydrogen (secondary N) is 1. The van der Waals surface area contributed by atoms with Gasteiger partial charge in [0.1, 0.15) is 0 Å². The number of likely N-dealkylation sites (N-methyl/N-ethyl adjacent to an activating group) is 1. The van der Waals surface area contributed by atoms with Gasteiger partial charge < -0.3 is 10.2 Å². The Morgan fingerprint density at radius 2 is 2.29 bits per heavy atom. The minimum Gasteiger partial charge on any atom is -0.310 e. The van der Waals surface area contributed by atoms with E-state index in [0.717, 1.165) is 30.3 Å². The van der Waals surface area contributed by atoms with Gasteiger partial charge in [-0.05, 0) is 21.0 Å². The van der Waals surface area contributed by atoms with Crippen LogP contribution in [0.3, 0.4) is 0 Å². The molecule has 0 aliphatic heterocycles. The van der Waals surface area contributed by atoms with E-state index >= 15 is 0 Å². The van der Waals surface area contributed by atoms with E-state index < -0.39 is 0 Å². The molecule has 0 saturated carbocycles. The third kappa shape index (κ3) is 2.80. The topological polar surface area (TPSA) is 32.6 Å². The zero-order valence-electron chi connectivity index (χ0n) is 10.3. The SMILES string of the molecule is Cc1csc2nc(Cl)c(CNCCN(C)C)n12. The quantitative estimate of drug-likeness (QED) is 0.845. The molecule has 2 aromatic rings. The molecule has 0 saturated heterocycles. The number of fused-ring (bicyclic) bond motifs is 1. The van der Waals surface area contributed by atoms with Crippen molar-refractivity contribution in [2.75, 3.05) is 27.2 Å². The standard InChI is InChI=1S/C11H17ClN4S/c1-8-7-17-11-14-10(12)9(16(8)11)6-13-4-5-15(2)3/h7,13H,4-6H2,1-3H3. The average molecular weight is 273 g/mol. The van der Waals surface area contributed by atoms with Crippen molar-refractivity contribution in [3.63, 3.8) is 0 Å². The van der Waals surface area contributed by atoms with Crippen LogP contribution in [0.2, 0.25) is 5.15 Å². The van der Waals surface area contributed by atoms with Crippen LogP contribution >= 0.6 is 22.9 Å². The fourth-order valence-corrected chi connectivity index (χ4v) is 2.87. The van der Waals surface area contributed by atoms with Gasteiger partial charge in [0.05, 0.1) is 5.69 Å². The first-order valence-corrected chi connectivity index (χ1v) is 6.81. The largest absolute Gasteiger partial charge is 0.310 e. The van der Waals surface area contributed by atoms with Gasteiger partial charge in [0.25, 0.3) is 0 Å². The molecule has 0 aliphatic rings. The highest BCUT2D eigenvalue weighted by Gasteiger charge is 2.12. The Labute approximate surface area is 110 Å². The minimum absolute atomic E-state index is 0.609. The number of halogens is 1. The zero-order chi connectivity index (χ0) is 12.4. The molecule has 0 bridgehead atoms. The lowest BCUT2D eigenvalue weighted by atomic mass is 10.4. The van der Waals surface area contributed by atoms with Gasteiger partial charge in [0, 0.05) is 30.7 Å². The normalized spacial score (nSPS) is 11.8. The second kappa shape index (κ2) is 5.35. The van der Waals surface area contributed by atoms with Crippen LogP contribution in [0.25, 0.3) is 4.96 Å². The van der Waals surface area contributed by atoms with Crippen molar-refractivity contribution in [1.82, 2.24) is 19.6 Å². The third-order valence-electron chi connectivity index (χ3n) is 2.61. The van der Waals surface area contributed by atoms with Crippen LogP contribution in [-0.4, -0.2) is 41.5 Å². The highest BCUT2D eigenvalue weighted by Crippen LogP contribution is 2.23. The molecule has 4 nitrogen and oxygen atoms in total. The Morgan fingerprint density at radius 3 is 3.00 bits per heavy atom. The van der Waals surface area contributed by atoms with Crippen molar-refractivity contribution in [1.29, 1.82) is 0 Å². The lowest BCUT2D eigenvalue weighted by Gasteiger charge is -2.10. The summed E-state index contributed by atoms with van der Waals surface area (Å²) in [5.41, 5.74) is 2.24. The second-order valence-electron chi connectivity index (χ2n) is 4.32. The summed E-state index contributed by atoms with van der Waals surface area (Å²) in [4.78, 5) is 7.46. The molecule has 1 N–H and O–H groups in total. The number of rotatable bonds is 5. The summed E-state index contributed by atoms with van der Waals surface area (Å²) in [6.45, 7) is 4.79. The Balaban J connectivity index is 2.07. The van der Waals surface area contributed by atoms with Gasteiger partial charge in [0.15, 0.2) is 10.1 Å².